The molecule has 6 heteroatoms. The van der Waals surface area contributed by atoms with Gasteiger partial charge in [0.1, 0.15) is 12.4 Å². The minimum absolute atomic E-state index is 0.149. The average Bonchev–Trinajstić information content (AvgIpc) is 2.82. The summed E-state index contributed by atoms with van der Waals surface area (Å²) in [7, 11) is 0. The zero-order valence-corrected chi connectivity index (χ0v) is 14.8. The SMILES string of the molecule is C=C1C(=O)OC2C=C(C)CCC=C(C=O)C(NC(=O)C(C)C)C(O)C12. The summed E-state index contributed by atoms with van der Waals surface area (Å²) in [4.78, 5) is 35.7. The van der Waals surface area contributed by atoms with Crippen molar-refractivity contribution in [1.82, 2.24) is 5.32 Å². The number of allylic oxidation sites excluding steroid dienone is 2. The quantitative estimate of drug-likeness (QED) is 0.349. The van der Waals surface area contributed by atoms with Crippen LogP contribution in [0.3, 0.4) is 0 Å². The van der Waals surface area contributed by atoms with Crippen molar-refractivity contribution in [2.45, 2.75) is 51.9 Å². The lowest BCUT2D eigenvalue weighted by molar-refractivity contribution is -0.138. The molecule has 2 rings (SSSR count). The Bertz CT molecular complexity index is 646. The zero-order valence-electron chi connectivity index (χ0n) is 14.8. The molecule has 0 aromatic rings. The number of aldehydes is 1. The summed E-state index contributed by atoms with van der Waals surface area (Å²) >= 11 is 0. The molecule has 1 aliphatic heterocycles. The summed E-state index contributed by atoms with van der Waals surface area (Å²) in [5, 5.41) is 13.7. The average molecular weight is 347 g/mol. The topological polar surface area (TPSA) is 92.7 Å². The molecule has 1 aliphatic carbocycles. The lowest BCUT2D eigenvalue weighted by Crippen LogP contribution is -2.51. The Kier molecular flexibility index (Phi) is 5.95. The molecule has 1 heterocycles. The molecule has 2 aliphatic rings. The Morgan fingerprint density at radius 1 is 1.48 bits per heavy atom. The highest BCUT2D eigenvalue weighted by molar-refractivity contribution is 5.91. The van der Waals surface area contributed by atoms with Crippen LogP contribution in [0.15, 0.2) is 35.5 Å². The number of carbonyl (C=O) groups excluding carboxylic acids is 3. The summed E-state index contributed by atoms with van der Waals surface area (Å²) in [6, 6.07) is -0.919. The normalized spacial score (nSPS) is 30.1. The Balaban J connectivity index is 2.46. The van der Waals surface area contributed by atoms with Gasteiger partial charge in [-0.3, -0.25) is 9.59 Å². The van der Waals surface area contributed by atoms with Crippen LogP contribution in [0.4, 0.5) is 0 Å². The van der Waals surface area contributed by atoms with E-state index in [1.165, 1.54) is 0 Å². The third kappa shape index (κ3) is 4.07. The molecular weight excluding hydrogens is 322 g/mol. The first kappa shape index (κ1) is 19.1. The van der Waals surface area contributed by atoms with E-state index in [-0.39, 0.29) is 17.4 Å². The van der Waals surface area contributed by atoms with Gasteiger partial charge in [-0.15, -0.1) is 0 Å². The molecule has 0 aromatic heterocycles. The maximum atomic E-state index is 12.2. The molecule has 1 saturated heterocycles. The van der Waals surface area contributed by atoms with Crippen LogP contribution < -0.4 is 5.32 Å². The number of carbonyl (C=O) groups is 3. The molecule has 0 aromatic carbocycles. The number of fused-ring (bicyclic) bond motifs is 1. The van der Waals surface area contributed by atoms with E-state index in [9.17, 15) is 19.5 Å². The van der Waals surface area contributed by atoms with Crippen LogP contribution in [0.1, 0.15) is 33.6 Å². The molecule has 2 N–H and O–H groups in total. The molecule has 25 heavy (non-hydrogen) atoms. The Morgan fingerprint density at radius 3 is 2.76 bits per heavy atom. The van der Waals surface area contributed by atoms with Crippen molar-refractivity contribution >= 4 is 18.2 Å². The number of esters is 1. The molecule has 0 radical (unpaired) electrons. The van der Waals surface area contributed by atoms with E-state index in [2.05, 4.69) is 11.9 Å². The minimum atomic E-state index is -1.20. The Labute approximate surface area is 147 Å². The molecule has 1 fully saturated rings. The summed E-state index contributed by atoms with van der Waals surface area (Å²) in [5.74, 6) is -1.88. The van der Waals surface area contributed by atoms with Gasteiger partial charge in [-0.05, 0) is 25.8 Å². The number of hydrogen-bond donors (Lipinski definition) is 2. The van der Waals surface area contributed by atoms with Crippen LogP contribution in [0.5, 0.6) is 0 Å². The van der Waals surface area contributed by atoms with E-state index in [4.69, 9.17) is 4.74 Å². The maximum absolute atomic E-state index is 12.2. The molecular formula is C19H25NO5. The second kappa shape index (κ2) is 7.78. The predicted octanol–water partition coefficient (Wildman–Crippen LogP) is 1.45. The number of aliphatic hydroxyl groups is 1. The molecule has 136 valence electrons. The summed E-state index contributed by atoms with van der Waals surface area (Å²) in [6.45, 7) is 9.09. The number of nitrogens with one attached hydrogen (secondary N) is 1. The summed E-state index contributed by atoms with van der Waals surface area (Å²) < 4.78 is 5.32. The van der Waals surface area contributed by atoms with Gasteiger partial charge in [-0.2, -0.15) is 0 Å². The monoisotopic (exact) mass is 347 g/mol. The van der Waals surface area contributed by atoms with Gasteiger partial charge in [0.25, 0.3) is 0 Å². The van der Waals surface area contributed by atoms with E-state index >= 15 is 0 Å². The fourth-order valence-electron chi connectivity index (χ4n) is 3.12. The number of amides is 1. The van der Waals surface area contributed by atoms with E-state index in [0.29, 0.717) is 24.7 Å². The second-order valence-electron chi connectivity index (χ2n) is 6.93. The third-order valence-electron chi connectivity index (χ3n) is 4.66. The van der Waals surface area contributed by atoms with E-state index in [1.54, 1.807) is 19.9 Å². The van der Waals surface area contributed by atoms with Crippen molar-refractivity contribution in [2.24, 2.45) is 11.8 Å². The number of aliphatic hydroxyl groups excluding tert-OH is 1. The lowest BCUT2D eigenvalue weighted by Gasteiger charge is -2.31. The van der Waals surface area contributed by atoms with Crippen LogP contribution in [-0.2, 0) is 19.1 Å². The molecule has 0 bridgehead atoms. The lowest BCUT2D eigenvalue weighted by atomic mass is 9.82. The number of ether oxygens (including phenoxy) is 1. The molecule has 0 saturated carbocycles. The van der Waals surface area contributed by atoms with Gasteiger partial charge < -0.3 is 15.2 Å². The van der Waals surface area contributed by atoms with Crippen molar-refractivity contribution in [2.75, 3.05) is 0 Å². The molecule has 6 nitrogen and oxygen atoms in total. The van der Waals surface area contributed by atoms with Crippen molar-refractivity contribution in [3.05, 3.63) is 35.5 Å². The van der Waals surface area contributed by atoms with Crippen molar-refractivity contribution in [1.29, 1.82) is 0 Å². The first-order valence-corrected chi connectivity index (χ1v) is 8.47. The van der Waals surface area contributed by atoms with E-state index in [0.717, 1.165) is 5.57 Å². The van der Waals surface area contributed by atoms with Gasteiger partial charge in [0.15, 0.2) is 0 Å². The minimum Gasteiger partial charge on any atom is -0.454 e. The summed E-state index contributed by atoms with van der Waals surface area (Å²) in [5.41, 5.74) is 1.44. The van der Waals surface area contributed by atoms with Crippen LogP contribution in [0.25, 0.3) is 0 Å². The fourth-order valence-corrected chi connectivity index (χ4v) is 3.12. The molecule has 0 spiro atoms. The van der Waals surface area contributed by atoms with E-state index < -0.39 is 30.1 Å². The van der Waals surface area contributed by atoms with Gasteiger partial charge >= 0.3 is 5.97 Å². The third-order valence-corrected chi connectivity index (χ3v) is 4.66. The van der Waals surface area contributed by atoms with Crippen LogP contribution in [0.2, 0.25) is 0 Å². The largest absolute Gasteiger partial charge is 0.454 e. The molecule has 4 atom stereocenters. The maximum Gasteiger partial charge on any atom is 0.334 e. The predicted molar refractivity (Wildman–Crippen MR) is 92.4 cm³/mol. The Hall–Kier alpha value is -2.21. The highest BCUT2D eigenvalue weighted by Gasteiger charge is 2.45. The van der Waals surface area contributed by atoms with Gasteiger partial charge in [-0.1, -0.05) is 32.1 Å². The van der Waals surface area contributed by atoms with Crippen LogP contribution in [-0.4, -0.2) is 41.5 Å². The highest BCUT2D eigenvalue weighted by Crippen LogP contribution is 2.34. The van der Waals surface area contributed by atoms with E-state index in [1.807, 2.05) is 13.0 Å². The van der Waals surface area contributed by atoms with Gasteiger partial charge in [-0.25, -0.2) is 4.79 Å². The van der Waals surface area contributed by atoms with Crippen molar-refractivity contribution in [3.63, 3.8) is 0 Å². The van der Waals surface area contributed by atoms with Gasteiger partial charge in [0.2, 0.25) is 5.91 Å². The van der Waals surface area contributed by atoms with Crippen molar-refractivity contribution < 1.29 is 24.2 Å². The standard InChI is InChI=1S/C19H25NO5/c1-10(2)18(23)20-16-13(9-21)7-5-6-11(3)8-14-15(17(16)22)12(4)19(24)25-14/h7-10,14-17,22H,4-6H2,1-3H3,(H,20,23). The fraction of sp³-hybridized carbons (Fsp3) is 0.526. The van der Waals surface area contributed by atoms with Crippen molar-refractivity contribution in [3.8, 4) is 0 Å². The highest BCUT2D eigenvalue weighted by atomic mass is 16.6. The zero-order chi connectivity index (χ0) is 18.7. The molecule has 4 unspecified atom stereocenters. The number of rotatable bonds is 3. The van der Waals surface area contributed by atoms with Gasteiger partial charge in [0.05, 0.1) is 18.1 Å². The summed E-state index contributed by atoms with van der Waals surface area (Å²) in [6.07, 6.45) is 3.59. The number of hydrogen-bond acceptors (Lipinski definition) is 5. The molecule has 1 amide bonds. The first-order valence-electron chi connectivity index (χ1n) is 8.47. The first-order chi connectivity index (χ1) is 11.8. The van der Waals surface area contributed by atoms with Gasteiger partial charge in [0, 0.05) is 17.1 Å². The smallest absolute Gasteiger partial charge is 0.334 e. The van der Waals surface area contributed by atoms with Crippen LogP contribution >= 0.6 is 0 Å². The van der Waals surface area contributed by atoms with Crippen LogP contribution in [0, 0.1) is 11.8 Å². The Morgan fingerprint density at radius 2 is 2.16 bits per heavy atom. The second-order valence-corrected chi connectivity index (χ2v) is 6.93.